The molecule has 0 spiro atoms. The molecule has 0 saturated carbocycles. The summed E-state index contributed by atoms with van der Waals surface area (Å²) in [6.45, 7) is 3.33. The highest BCUT2D eigenvalue weighted by Crippen LogP contribution is 2.32. The number of ether oxygens (including phenoxy) is 2. The van der Waals surface area contributed by atoms with Gasteiger partial charge in [-0.1, -0.05) is 19.1 Å². The minimum atomic E-state index is -3.89. The molecule has 9 nitrogen and oxygen atoms in total. The fraction of sp³-hybridized carbons (Fsp3) is 0.417. The Morgan fingerprint density at radius 3 is 2.23 bits per heavy atom. The molecule has 0 aliphatic rings. The van der Waals surface area contributed by atoms with Crippen LogP contribution in [0.15, 0.2) is 42.5 Å². The number of benzene rings is 2. The largest absolute Gasteiger partial charge is 0.493 e. The molecule has 1 unspecified atom stereocenters. The van der Waals surface area contributed by atoms with E-state index in [0.29, 0.717) is 30.0 Å². The van der Waals surface area contributed by atoms with Gasteiger partial charge in [0.05, 0.1) is 26.2 Å². The number of hydrogen-bond acceptors (Lipinski definition) is 6. The van der Waals surface area contributed by atoms with Gasteiger partial charge in [0.1, 0.15) is 18.4 Å². The number of sulfonamides is 1. The van der Waals surface area contributed by atoms with E-state index in [0.717, 1.165) is 10.6 Å². The molecule has 0 aromatic heterocycles. The number of carbonyl (C=O) groups is 2. The smallest absolute Gasteiger partial charge is 0.244 e. The first-order chi connectivity index (χ1) is 16.5. The number of hydrogen-bond donors (Lipinski definition) is 1. The lowest BCUT2D eigenvalue weighted by atomic mass is 10.1. The quantitative estimate of drug-likeness (QED) is 0.472. The zero-order valence-corrected chi connectivity index (χ0v) is 21.4. The number of nitrogens with one attached hydrogen (secondary N) is 1. The van der Waals surface area contributed by atoms with Crippen molar-refractivity contribution in [2.24, 2.45) is 0 Å². The number of carbonyl (C=O) groups excluding carboxylic acids is 2. The van der Waals surface area contributed by atoms with E-state index in [9.17, 15) is 22.4 Å². The molecule has 0 aliphatic carbocycles. The van der Waals surface area contributed by atoms with Crippen LogP contribution in [-0.4, -0.2) is 64.7 Å². The van der Waals surface area contributed by atoms with Gasteiger partial charge in [0.25, 0.3) is 0 Å². The number of halogens is 1. The Kier molecular flexibility index (Phi) is 9.88. The van der Waals surface area contributed by atoms with Crippen molar-refractivity contribution in [3.05, 3.63) is 53.8 Å². The highest BCUT2D eigenvalue weighted by atomic mass is 32.2. The van der Waals surface area contributed by atoms with Gasteiger partial charge < -0.3 is 19.7 Å². The van der Waals surface area contributed by atoms with Crippen molar-refractivity contribution in [3.8, 4) is 11.5 Å². The second-order valence-electron chi connectivity index (χ2n) is 7.92. The van der Waals surface area contributed by atoms with Gasteiger partial charge in [-0.05, 0) is 43.2 Å². The van der Waals surface area contributed by atoms with Gasteiger partial charge in [-0.2, -0.15) is 0 Å². The Morgan fingerprint density at radius 2 is 1.69 bits per heavy atom. The van der Waals surface area contributed by atoms with E-state index >= 15 is 0 Å². The second kappa shape index (κ2) is 12.4. The summed E-state index contributed by atoms with van der Waals surface area (Å²) in [5.74, 6) is -0.721. The summed E-state index contributed by atoms with van der Waals surface area (Å²) in [6, 6.07) is 9.12. The van der Waals surface area contributed by atoms with Crippen LogP contribution < -0.4 is 19.1 Å². The zero-order chi connectivity index (χ0) is 26.2. The Hall–Kier alpha value is -3.34. The summed E-state index contributed by atoms with van der Waals surface area (Å²) in [7, 11) is -1.02. The van der Waals surface area contributed by atoms with E-state index < -0.39 is 34.3 Å². The van der Waals surface area contributed by atoms with Crippen LogP contribution in [0.2, 0.25) is 0 Å². The van der Waals surface area contributed by atoms with Crippen LogP contribution in [0, 0.1) is 5.82 Å². The van der Waals surface area contributed by atoms with Gasteiger partial charge in [0.2, 0.25) is 21.8 Å². The van der Waals surface area contributed by atoms with Gasteiger partial charge >= 0.3 is 0 Å². The number of nitrogens with zero attached hydrogens (tertiary/aromatic N) is 2. The van der Waals surface area contributed by atoms with Crippen LogP contribution in [-0.2, 0) is 26.2 Å². The Morgan fingerprint density at radius 1 is 1.06 bits per heavy atom. The molecule has 2 rings (SSSR count). The third kappa shape index (κ3) is 7.57. The summed E-state index contributed by atoms with van der Waals surface area (Å²) < 4.78 is 50.1. The third-order valence-corrected chi connectivity index (χ3v) is 6.46. The molecule has 0 heterocycles. The molecule has 1 atom stereocenters. The first-order valence-electron chi connectivity index (χ1n) is 11.0. The molecule has 11 heteroatoms. The SMILES string of the molecule is CCCNC(=O)C(C)N(Cc1ccc(F)cc1)C(=O)CN(c1ccc(OC)c(OC)c1)S(C)(=O)=O. The minimum Gasteiger partial charge on any atom is -0.493 e. The molecular formula is C24H32FN3O6S. The number of anilines is 1. The van der Waals surface area contributed by atoms with Crippen molar-refractivity contribution in [1.82, 2.24) is 10.2 Å². The molecule has 2 aromatic rings. The maximum Gasteiger partial charge on any atom is 0.244 e. The molecule has 192 valence electrons. The van der Waals surface area contributed by atoms with Gasteiger partial charge in [0.15, 0.2) is 11.5 Å². The Balaban J connectivity index is 2.41. The summed E-state index contributed by atoms with van der Waals surface area (Å²) in [6.07, 6.45) is 1.70. The lowest BCUT2D eigenvalue weighted by Crippen LogP contribution is -2.51. The molecule has 2 aromatic carbocycles. The first kappa shape index (κ1) is 27.9. The topological polar surface area (TPSA) is 105 Å². The van der Waals surface area contributed by atoms with E-state index in [4.69, 9.17) is 9.47 Å². The normalized spacial score (nSPS) is 11.9. The summed E-state index contributed by atoms with van der Waals surface area (Å²) in [4.78, 5) is 27.4. The van der Waals surface area contributed by atoms with Gasteiger partial charge in [-0.15, -0.1) is 0 Å². The molecular weight excluding hydrogens is 477 g/mol. The van der Waals surface area contributed by atoms with Crippen LogP contribution in [0.3, 0.4) is 0 Å². The van der Waals surface area contributed by atoms with Crippen molar-refractivity contribution >= 4 is 27.5 Å². The van der Waals surface area contributed by atoms with Crippen LogP contribution >= 0.6 is 0 Å². The van der Waals surface area contributed by atoms with E-state index in [-0.39, 0.29) is 18.1 Å². The molecule has 1 N–H and O–H groups in total. The standard InChI is InChI=1S/C24H32FN3O6S/c1-6-13-26-24(30)17(2)27(15-18-7-9-19(25)10-8-18)23(29)16-28(35(5,31)32)20-11-12-21(33-3)22(14-20)34-4/h7-12,14,17H,6,13,15-16H2,1-5H3,(H,26,30). The average molecular weight is 510 g/mol. The highest BCUT2D eigenvalue weighted by molar-refractivity contribution is 7.92. The summed E-state index contributed by atoms with van der Waals surface area (Å²) in [5.41, 5.74) is 0.787. The highest BCUT2D eigenvalue weighted by Gasteiger charge is 2.30. The third-order valence-electron chi connectivity index (χ3n) is 5.32. The van der Waals surface area contributed by atoms with Crippen molar-refractivity contribution in [1.29, 1.82) is 0 Å². The van der Waals surface area contributed by atoms with E-state index in [1.807, 2.05) is 6.92 Å². The number of methoxy groups -OCH3 is 2. The van der Waals surface area contributed by atoms with Gasteiger partial charge in [-0.25, -0.2) is 12.8 Å². The summed E-state index contributed by atoms with van der Waals surface area (Å²) >= 11 is 0. The monoisotopic (exact) mass is 509 g/mol. The Labute approximate surface area is 205 Å². The van der Waals surface area contributed by atoms with Crippen LogP contribution in [0.25, 0.3) is 0 Å². The minimum absolute atomic E-state index is 0.0106. The number of amides is 2. The molecule has 0 saturated heterocycles. The van der Waals surface area contributed by atoms with Crippen LogP contribution in [0.4, 0.5) is 10.1 Å². The van der Waals surface area contributed by atoms with E-state index in [1.54, 1.807) is 6.92 Å². The van der Waals surface area contributed by atoms with E-state index in [1.165, 1.54) is 61.6 Å². The predicted octanol–water partition coefficient (Wildman–Crippen LogP) is 2.55. The fourth-order valence-corrected chi connectivity index (χ4v) is 4.20. The van der Waals surface area contributed by atoms with Crippen molar-refractivity contribution in [2.75, 3.05) is 37.9 Å². The molecule has 2 amide bonds. The van der Waals surface area contributed by atoms with Crippen LogP contribution in [0.5, 0.6) is 11.5 Å². The van der Waals surface area contributed by atoms with Gasteiger partial charge in [-0.3, -0.25) is 13.9 Å². The average Bonchev–Trinajstić information content (AvgIpc) is 2.83. The first-order valence-corrected chi connectivity index (χ1v) is 12.9. The van der Waals surface area contributed by atoms with Crippen molar-refractivity contribution < 1.29 is 31.9 Å². The van der Waals surface area contributed by atoms with Crippen LogP contribution in [0.1, 0.15) is 25.8 Å². The molecule has 0 bridgehead atoms. The van der Waals surface area contributed by atoms with E-state index in [2.05, 4.69) is 5.32 Å². The van der Waals surface area contributed by atoms with Crippen molar-refractivity contribution in [3.63, 3.8) is 0 Å². The molecule has 0 aliphatic heterocycles. The molecule has 0 radical (unpaired) electrons. The fourth-order valence-electron chi connectivity index (χ4n) is 3.36. The molecule has 0 fully saturated rings. The lowest BCUT2D eigenvalue weighted by Gasteiger charge is -2.31. The maximum absolute atomic E-state index is 13.5. The Bertz CT molecular complexity index is 1120. The second-order valence-corrected chi connectivity index (χ2v) is 9.83. The zero-order valence-electron chi connectivity index (χ0n) is 20.6. The van der Waals surface area contributed by atoms with Gasteiger partial charge in [0, 0.05) is 19.2 Å². The number of rotatable bonds is 12. The predicted molar refractivity (Wildman–Crippen MR) is 131 cm³/mol. The maximum atomic E-state index is 13.5. The lowest BCUT2D eigenvalue weighted by molar-refractivity contribution is -0.139. The molecule has 35 heavy (non-hydrogen) atoms. The van der Waals surface area contributed by atoms with Crippen molar-refractivity contribution in [2.45, 2.75) is 32.9 Å². The summed E-state index contributed by atoms with van der Waals surface area (Å²) in [5, 5.41) is 2.75.